The zero-order valence-electron chi connectivity index (χ0n) is 20.4. The molecule has 3 heterocycles. The molecule has 0 aliphatic carbocycles. The Balaban J connectivity index is 1.84. The number of aliphatic hydroxyl groups is 1. The number of ether oxygens (including phenoxy) is 1. The Morgan fingerprint density at radius 2 is 2.17 bits per heavy atom. The number of hydrogen-bond acceptors (Lipinski definition) is 6. The van der Waals surface area contributed by atoms with E-state index in [9.17, 15) is 19.5 Å². The highest BCUT2D eigenvalue weighted by Gasteiger charge is 2.74. The predicted octanol–water partition coefficient (Wildman–Crippen LogP) is 3.59. The number of hydrogen-bond donors (Lipinski definition) is 1. The standard InChI is InChI=1S/C26H33ClN2O5S/c1-5-13-28(21-15(4)9-8-10-17(21)27)24(32)22-26-12-11-18(35-26)19(25(33)34-7-3)20(26)23(31)29(22)16(6-2)14-30/h5,8-10,16,18-20,22,30H,1,6-7,11-14H2,2-4H3/t16-,18-,19+,20-,22?,26?/m0/s1. The number of carbonyl (C=O) groups is 3. The zero-order chi connectivity index (χ0) is 25.5. The van der Waals surface area contributed by atoms with Gasteiger partial charge in [-0.1, -0.05) is 36.7 Å². The van der Waals surface area contributed by atoms with Gasteiger partial charge in [0.25, 0.3) is 5.91 Å². The first-order valence-corrected chi connectivity index (χ1v) is 13.5. The predicted molar refractivity (Wildman–Crippen MR) is 137 cm³/mol. The summed E-state index contributed by atoms with van der Waals surface area (Å²) in [5.41, 5.74) is 1.42. The summed E-state index contributed by atoms with van der Waals surface area (Å²) in [4.78, 5) is 44.6. The molecule has 1 spiro atoms. The lowest BCUT2D eigenvalue weighted by Gasteiger charge is -2.39. The highest BCUT2D eigenvalue weighted by molar-refractivity contribution is 8.02. The van der Waals surface area contributed by atoms with Crippen molar-refractivity contribution in [2.75, 3.05) is 24.7 Å². The number of thioether (sulfide) groups is 1. The molecule has 0 radical (unpaired) electrons. The van der Waals surface area contributed by atoms with Crippen LogP contribution in [-0.4, -0.2) is 69.6 Å². The van der Waals surface area contributed by atoms with E-state index in [0.717, 1.165) is 12.0 Å². The third-order valence-electron chi connectivity index (χ3n) is 7.64. The van der Waals surface area contributed by atoms with Crippen LogP contribution in [0.5, 0.6) is 0 Å². The van der Waals surface area contributed by atoms with Gasteiger partial charge in [0.1, 0.15) is 6.04 Å². The van der Waals surface area contributed by atoms with Crippen LogP contribution in [-0.2, 0) is 19.1 Å². The van der Waals surface area contributed by atoms with Crippen molar-refractivity contribution >= 4 is 46.8 Å². The Labute approximate surface area is 215 Å². The lowest BCUT2D eigenvalue weighted by molar-refractivity contribution is -0.154. The fourth-order valence-electron chi connectivity index (χ4n) is 6.22. The maximum Gasteiger partial charge on any atom is 0.310 e. The van der Waals surface area contributed by atoms with E-state index in [1.807, 2.05) is 26.0 Å². The molecule has 1 aromatic carbocycles. The summed E-state index contributed by atoms with van der Waals surface area (Å²) in [6, 6.07) is 4.09. The lowest BCUT2D eigenvalue weighted by Crippen LogP contribution is -2.57. The lowest BCUT2D eigenvalue weighted by atomic mass is 9.71. The maximum absolute atomic E-state index is 14.5. The number of nitrogens with zero attached hydrogens (tertiary/aromatic N) is 2. The van der Waals surface area contributed by atoms with Crippen molar-refractivity contribution in [3.63, 3.8) is 0 Å². The molecule has 35 heavy (non-hydrogen) atoms. The van der Waals surface area contributed by atoms with Crippen LogP contribution in [0.3, 0.4) is 0 Å². The van der Waals surface area contributed by atoms with Gasteiger partial charge in [-0.3, -0.25) is 14.4 Å². The normalized spacial score (nSPS) is 29.7. The van der Waals surface area contributed by atoms with Gasteiger partial charge in [-0.25, -0.2) is 0 Å². The molecule has 1 N–H and O–H groups in total. The number of aliphatic hydroxyl groups excluding tert-OH is 1. The van der Waals surface area contributed by atoms with E-state index in [2.05, 4.69) is 6.58 Å². The van der Waals surface area contributed by atoms with E-state index in [-0.39, 0.29) is 42.8 Å². The van der Waals surface area contributed by atoms with Gasteiger partial charge in [0, 0.05) is 11.8 Å². The van der Waals surface area contributed by atoms with Crippen LogP contribution >= 0.6 is 23.4 Å². The Morgan fingerprint density at radius 1 is 1.43 bits per heavy atom. The summed E-state index contributed by atoms with van der Waals surface area (Å²) in [6.45, 7) is 9.55. The molecule has 3 aliphatic rings. The van der Waals surface area contributed by atoms with Crippen LogP contribution in [0.15, 0.2) is 30.9 Å². The van der Waals surface area contributed by atoms with Crippen LogP contribution in [0.2, 0.25) is 5.02 Å². The molecule has 2 unspecified atom stereocenters. The quantitative estimate of drug-likeness (QED) is 0.395. The molecular formula is C26H33ClN2O5S. The smallest absolute Gasteiger partial charge is 0.310 e. The number of amides is 2. The summed E-state index contributed by atoms with van der Waals surface area (Å²) >= 11 is 8.15. The number of anilines is 1. The number of esters is 1. The molecule has 6 atom stereocenters. The molecule has 3 fully saturated rings. The fourth-order valence-corrected chi connectivity index (χ4v) is 8.73. The summed E-state index contributed by atoms with van der Waals surface area (Å²) in [5, 5.41) is 10.6. The molecule has 2 amide bonds. The van der Waals surface area contributed by atoms with Crippen LogP contribution in [0.1, 0.15) is 38.7 Å². The number of rotatable bonds is 9. The van der Waals surface area contributed by atoms with Gasteiger partial charge in [0.2, 0.25) is 5.91 Å². The molecule has 0 aromatic heterocycles. The van der Waals surface area contributed by atoms with E-state index >= 15 is 0 Å². The third-order valence-corrected chi connectivity index (χ3v) is 9.90. The number of benzene rings is 1. The zero-order valence-corrected chi connectivity index (χ0v) is 22.0. The summed E-state index contributed by atoms with van der Waals surface area (Å²) in [7, 11) is 0. The minimum absolute atomic E-state index is 0.0652. The SMILES string of the molecule is C=CCN(C(=O)C1N([C@@H](CC)CO)C(=O)[C@@H]2[C@H](C(=O)OCC)[C@@H]3CCC12S3)c1c(C)cccc1Cl. The second-order valence-electron chi connectivity index (χ2n) is 9.44. The molecule has 3 saturated heterocycles. The van der Waals surface area contributed by atoms with Crippen LogP contribution in [0, 0.1) is 18.8 Å². The van der Waals surface area contributed by atoms with Gasteiger partial charge in [0.15, 0.2) is 0 Å². The van der Waals surface area contributed by atoms with Crippen molar-refractivity contribution in [1.82, 2.24) is 4.90 Å². The number of aryl methyl sites for hydroxylation is 1. The molecule has 9 heteroatoms. The molecule has 4 rings (SSSR count). The Kier molecular flexibility index (Phi) is 7.55. The van der Waals surface area contributed by atoms with Crippen molar-refractivity contribution in [1.29, 1.82) is 0 Å². The van der Waals surface area contributed by atoms with E-state index in [1.165, 1.54) is 0 Å². The monoisotopic (exact) mass is 520 g/mol. The average molecular weight is 521 g/mol. The highest BCUT2D eigenvalue weighted by Crippen LogP contribution is 2.67. The first-order valence-electron chi connectivity index (χ1n) is 12.2. The molecule has 2 bridgehead atoms. The van der Waals surface area contributed by atoms with E-state index in [4.69, 9.17) is 16.3 Å². The molecule has 0 saturated carbocycles. The van der Waals surface area contributed by atoms with Gasteiger partial charge < -0.3 is 19.6 Å². The van der Waals surface area contributed by atoms with Crippen molar-refractivity contribution in [2.45, 2.75) is 62.1 Å². The number of fused-ring (bicyclic) bond motifs is 1. The Morgan fingerprint density at radius 3 is 2.77 bits per heavy atom. The second kappa shape index (κ2) is 10.1. The highest BCUT2D eigenvalue weighted by atomic mass is 35.5. The average Bonchev–Trinajstić information content (AvgIpc) is 3.47. The number of para-hydroxylation sites is 1. The van der Waals surface area contributed by atoms with E-state index in [1.54, 1.807) is 40.6 Å². The second-order valence-corrected chi connectivity index (χ2v) is 11.4. The Bertz CT molecular complexity index is 1010. The largest absolute Gasteiger partial charge is 0.466 e. The molecular weight excluding hydrogens is 488 g/mol. The van der Waals surface area contributed by atoms with E-state index < -0.39 is 28.7 Å². The van der Waals surface area contributed by atoms with Gasteiger partial charge >= 0.3 is 5.97 Å². The summed E-state index contributed by atoms with van der Waals surface area (Å²) < 4.78 is 4.61. The van der Waals surface area contributed by atoms with Gasteiger partial charge in [-0.05, 0) is 44.7 Å². The number of likely N-dealkylation sites (tertiary alicyclic amines) is 1. The van der Waals surface area contributed by atoms with Crippen molar-refractivity contribution in [2.24, 2.45) is 11.8 Å². The van der Waals surface area contributed by atoms with Crippen LogP contribution in [0.25, 0.3) is 0 Å². The van der Waals surface area contributed by atoms with Gasteiger partial charge in [-0.15, -0.1) is 18.3 Å². The van der Waals surface area contributed by atoms with Crippen LogP contribution < -0.4 is 4.90 Å². The topological polar surface area (TPSA) is 87.2 Å². The van der Waals surface area contributed by atoms with Gasteiger partial charge in [-0.2, -0.15) is 0 Å². The van der Waals surface area contributed by atoms with Crippen molar-refractivity contribution in [3.8, 4) is 0 Å². The number of halogens is 1. The molecule has 3 aliphatic heterocycles. The maximum atomic E-state index is 14.5. The molecule has 1 aromatic rings. The molecule has 190 valence electrons. The van der Waals surface area contributed by atoms with Gasteiger partial charge in [0.05, 0.1) is 46.5 Å². The first kappa shape index (κ1) is 26.0. The minimum atomic E-state index is -0.831. The summed E-state index contributed by atoms with van der Waals surface area (Å²) in [5.74, 6) is -2.13. The van der Waals surface area contributed by atoms with Crippen molar-refractivity contribution in [3.05, 3.63) is 41.4 Å². The first-order chi connectivity index (χ1) is 16.8. The van der Waals surface area contributed by atoms with E-state index in [0.29, 0.717) is 23.6 Å². The third kappa shape index (κ3) is 3.98. The van der Waals surface area contributed by atoms with Crippen molar-refractivity contribution < 1.29 is 24.2 Å². The summed E-state index contributed by atoms with van der Waals surface area (Å²) in [6.07, 6.45) is 3.51. The minimum Gasteiger partial charge on any atom is -0.466 e. The molecule has 7 nitrogen and oxygen atoms in total. The number of carbonyl (C=O) groups excluding carboxylic acids is 3. The Hall–Kier alpha value is -2.03. The van der Waals surface area contributed by atoms with Crippen LogP contribution in [0.4, 0.5) is 5.69 Å². The fraction of sp³-hybridized carbons (Fsp3) is 0.577.